The van der Waals surface area contributed by atoms with E-state index in [2.05, 4.69) is 80.7 Å². The first kappa shape index (κ1) is 7.89. The van der Waals surface area contributed by atoms with Crippen molar-refractivity contribution in [3.8, 4) is 0 Å². The zero-order valence-electron chi connectivity index (χ0n) is 2.01. The second kappa shape index (κ2) is 3.02. The molecule has 0 nitrogen and oxygen atoms in total. The Bertz CT molecular complexity index is 22.4. The summed E-state index contributed by atoms with van der Waals surface area (Å²) in [4.78, 5) is 0. The van der Waals surface area contributed by atoms with E-state index in [0.717, 1.165) is 0 Å². The molecule has 0 heterocycles. The normalized spacial score (nSPS) is 12.0. The van der Waals surface area contributed by atoms with Gasteiger partial charge in [-0.15, -0.1) is 0 Å². The third kappa shape index (κ3) is 19.7. The highest BCUT2D eigenvalue weighted by molar-refractivity contribution is 14.4. The van der Waals surface area contributed by atoms with Crippen LogP contribution in [0.5, 0.6) is 0 Å². The maximum absolute atomic E-state index is 3.47. The highest BCUT2D eigenvalue weighted by Gasteiger charge is 2.13. The molecule has 0 fully saturated rings. The predicted molar refractivity (Wildman–Crippen MR) is 56.7 cm³/mol. The van der Waals surface area contributed by atoms with E-state index in [0.29, 0.717) is 0 Å². The molecule has 0 saturated heterocycles. The van der Waals surface area contributed by atoms with Gasteiger partial charge in [-0.1, -0.05) is 80.7 Å². The first-order valence-electron chi connectivity index (χ1n) is 0.756. The van der Waals surface area contributed by atoms with Crippen molar-refractivity contribution in [1.29, 1.82) is 0 Å². The summed E-state index contributed by atoms with van der Waals surface area (Å²) < 4.78 is -0.889. The number of hydrogen-bond donors (Lipinski definition) is 0. The van der Waals surface area contributed by atoms with E-state index in [-0.39, 0.29) is 0 Å². The molecule has 0 bridgehead atoms. The highest BCUT2D eigenvalue weighted by Crippen LogP contribution is 2.35. The van der Waals surface area contributed by atoms with Crippen LogP contribution in [-0.2, 0) is 0 Å². The lowest BCUT2D eigenvalue weighted by Crippen LogP contribution is -1.85. The zero-order valence-corrected chi connectivity index (χ0v) is 11.1. The quantitative estimate of drug-likeness (QED) is 0.279. The van der Waals surface area contributed by atoms with Gasteiger partial charge in [0.05, 0.1) is 0 Å². The van der Waals surface area contributed by atoms with Crippen molar-refractivity contribution in [2.45, 2.75) is 0 Å². The Balaban J connectivity index is 3.02. The van der Waals surface area contributed by atoms with E-state index in [1.807, 2.05) is 0 Å². The second-order valence-corrected chi connectivity index (χ2v) is 51.3. The third-order valence-corrected chi connectivity index (χ3v) is 0. The third-order valence-electron chi connectivity index (χ3n) is 0. The molecule has 32 valence electrons. The molecule has 0 saturated carbocycles. The van der Waals surface area contributed by atoms with Crippen LogP contribution in [0.25, 0.3) is 0 Å². The van der Waals surface area contributed by atoms with E-state index in [4.69, 9.17) is 0 Å². The first-order valence-corrected chi connectivity index (χ1v) is 14.4. The molecule has 0 aromatic rings. The molecule has 0 N–H and O–H groups in total. The Labute approximate surface area is 78.1 Å². The molecule has 0 aliphatic rings. The van der Waals surface area contributed by atoms with Crippen LogP contribution in [0.3, 0.4) is 0 Å². The molecular formula is BrI3Si. The Morgan fingerprint density at radius 3 is 1.20 bits per heavy atom. The van der Waals surface area contributed by atoms with Crippen LogP contribution in [0.15, 0.2) is 0 Å². The average molecular weight is 489 g/mol. The maximum Gasteiger partial charge on any atom is 0.321 e. The van der Waals surface area contributed by atoms with Crippen LogP contribution in [0, 0.1) is 0 Å². The molecule has 0 unspecified atom stereocenters. The van der Waals surface area contributed by atoms with Crippen LogP contribution in [0.4, 0.5) is 0 Å². The Hall–Kier alpha value is 2.89. The fourth-order valence-electron chi connectivity index (χ4n) is 0. The lowest BCUT2D eigenvalue weighted by molar-refractivity contribution is 5.15. The fourth-order valence-corrected chi connectivity index (χ4v) is 0. The monoisotopic (exact) mass is 488 g/mol. The van der Waals surface area contributed by atoms with Gasteiger partial charge in [-0.25, -0.2) is 0 Å². The minimum Gasteiger partial charge on any atom is -0.0869 e. The smallest absolute Gasteiger partial charge is 0.0869 e. The number of rotatable bonds is 0. The molecule has 0 spiro atoms. The number of halogens is 4. The maximum atomic E-state index is 3.47. The molecule has 0 aliphatic heterocycles. The molecule has 0 aliphatic carbocycles. The van der Waals surface area contributed by atoms with Gasteiger partial charge in [-0.05, 0) is 0 Å². The van der Waals surface area contributed by atoms with Crippen molar-refractivity contribution in [2.24, 2.45) is 0 Å². The van der Waals surface area contributed by atoms with E-state index >= 15 is 0 Å². The predicted octanol–water partition coefficient (Wildman–Crippen LogP) is 3.12. The van der Waals surface area contributed by atoms with Gasteiger partial charge in [0.25, 0.3) is 0 Å². The van der Waals surface area contributed by atoms with Crippen LogP contribution >= 0.6 is 80.7 Å². The summed E-state index contributed by atoms with van der Waals surface area (Å²) in [7, 11) is 0. The van der Waals surface area contributed by atoms with Crippen LogP contribution in [-0.4, -0.2) is -0.817 Å². The molecule has 5 heteroatoms. The molecule has 0 aromatic heterocycles. The van der Waals surface area contributed by atoms with Crippen LogP contribution < -0.4 is 0 Å². The van der Waals surface area contributed by atoms with Gasteiger partial charge in [0.1, 0.15) is 0 Å². The van der Waals surface area contributed by atoms with Crippen molar-refractivity contribution in [1.82, 2.24) is 0 Å². The Morgan fingerprint density at radius 2 is 1.20 bits per heavy atom. The molecule has 0 radical (unpaired) electrons. The summed E-state index contributed by atoms with van der Waals surface area (Å²) >= 11 is 10.7. The number of hydrogen-bond acceptors (Lipinski definition) is 0. The van der Waals surface area contributed by atoms with Crippen molar-refractivity contribution in [3.05, 3.63) is 0 Å². The summed E-state index contributed by atoms with van der Waals surface area (Å²) in [5.74, 6) is 0. The van der Waals surface area contributed by atoms with Gasteiger partial charge in [-0.3, -0.25) is 0 Å². The van der Waals surface area contributed by atoms with E-state index in [1.54, 1.807) is 0 Å². The molecular weight excluding hydrogens is 489 g/mol. The van der Waals surface area contributed by atoms with Gasteiger partial charge in [-0.2, -0.15) is 0 Å². The summed E-state index contributed by atoms with van der Waals surface area (Å²) in [6, 6.07) is 0. The van der Waals surface area contributed by atoms with Crippen LogP contribution in [0.1, 0.15) is 0 Å². The summed E-state index contributed by atoms with van der Waals surface area (Å²) in [6.07, 6.45) is 0. The molecule has 0 rings (SSSR count). The molecule has 5 heavy (non-hydrogen) atoms. The van der Waals surface area contributed by atoms with Gasteiger partial charge in [0, 0.05) is 0 Å². The minimum atomic E-state index is -0.889. The minimum absolute atomic E-state index is 0.889. The van der Waals surface area contributed by atoms with Crippen LogP contribution in [0.2, 0.25) is 0 Å². The summed E-state index contributed by atoms with van der Waals surface area (Å²) in [5.41, 5.74) is 0. The Kier molecular flexibility index (Phi) is 4.77. The van der Waals surface area contributed by atoms with Gasteiger partial charge >= 0.3 is -0.817 Å². The van der Waals surface area contributed by atoms with Gasteiger partial charge < -0.3 is 0 Å². The van der Waals surface area contributed by atoms with Gasteiger partial charge in [0.15, 0.2) is 0 Å². The van der Waals surface area contributed by atoms with E-state index in [9.17, 15) is 0 Å². The topological polar surface area (TPSA) is 0 Å². The summed E-state index contributed by atoms with van der Waals surface area (Å²) in [5, 5.41) is 0. The lowest BCUT2D eigenvalue weighted by Gasteiger charge is -1.89. The van der Waals surface area contributed by atoms with Crippen molar-refractivity contribution < 1.29 is 0 Å². The van der Waals surface area contributed by atoms with Crippen molar-refractivity contribution in [3.63, 3.8) is 0 Å². The standard InChI is InChI=1S/BrI3Si/c1-5(2,3)4. The highest BCUT2D eigenvalue weighted by atomic mass is 127. The molecule has 0 atom stereocenters. The lowest BCUT2D eigenvalue weighted by atomic mass is 28.0. The average Bonchev–Trinajstić information content (AvgIpc) is 0.722. The van der Waals surface area contributed by atoms with Crippen molar-refractivity contribution in [2.75, 3.05) is 0 Å². The first-order chi connectivity index (χ1) is 2.00. The zero-order chi connectivity index (χ0) is 4.50. The molecule has 0 aromatic carbocycles. The van der Waals surface area contributed by atoms with E-state index in [1.165, 1.54) is 0 Å². The van der Waals surface area contributed by atoms with Gasteiger partial charge in [0.2, 0.25) is 0 Å². The van der Waals surface area contributed by atoms with Crippen molar-refractivity contribution >= 4 is 79.9 Å². The largest absolute Gasteiger partial charge is 0.321 e. The SMILES string of the molecule is Br[Si](I)(I)I. The van der Waals surface area contributed by atoms with E-state index < -0.39 is -0.817 Å². The fraction of sp³-hybridized carbons (Fsp3) is 0. The Morgan fingerprint density at radius 1 is 1.20 bits per heavy atom. The summed E-state index contributed by atoms with van der Waals surface area (Å²) in [6.45, 7) is 0. The molecule has 0 amide bonds. The second-order valence-electron chi connectivity index (χ2n) is 0.429.